The monoisotopic (exact) mass is 549 g/mol. The highest BCUT2D eigenvalue weighted by molar-refractivity contribution is 5.67. The van der Waals surface area contributed by atoms with E-state index in [0.29, 0.717) is 49.3 Å². The highest BCUT2D eigenvalue weighted by Crippen LogP contribution is 2.59. The van der Waals surface area contributed by atoms with Gasteiger partial charge in [0, 0.05) is 55.2 Å². The first kappa shape index (κ1) is 29.5. The molecule has 1 aliphatic carbocycles. The van der Waals surface area contributed by atoms with Crippen molar-refractivity contribution in [2.45, 2.75) is 97.3 Å². The van der Waals surface area contributed by atoms with Crippen molar-refractivity contribution < 1.29 is 37.3 Å². The van der Waals surface area contributed by atoms with Crippen LogP contribution < -0.4 is 0 Å². The number of carbonyl (C=O) groups is 1. The summed E-state index contributed by atoms with van der Waals surface area (Å²) in [5.74, 6) is -0.497. The number of rotatable bonds is 3. The molecular formula is C30H38F3NO5. The van der Waals surface area contributed by atoms with Crippen molar-refractivity contribution in [3.8, 4) is 0 Å². The lowest BCUT2D eigenvalue weighted by Crippen LogP contribution is -2.39. The summed E-state index contributed by atoms with van der Waals surface area (Å²) in [7, 11) is 0. The van der Waals surface area contributed by atoms with Crippen LogP contribution in [0.25, 0.3) is 0 Å². The van der Waals surface area contributed by atoms with Crippen LogP contribution in [0.5, 0.6) is 0 Å². The van der Waals surface area contributed by atoms with Crippen LogP contribution in [-0.4, -0.2) is 29.3 Å². The maximum atomic E-state index is 13.3. The lowest BCUT2D eigenvalue weighted by atomic mass is 9.68. The zero-order valence-electron chi connectivity index (χ0n) is 22.3. The number of aromatic nitrogens is 1. The van der Waals surface area contributed by atoms with Gasteiger partial charge in [0.25, 0.3) is 0 Å². The largest absolute Gasteiger partial charge is 0.455 e. The molecule has 0 saturated carbocycles. The molecule has 3 aliphatic rings. The number of halogens is 3. The van der Waals surface area contributed by atoms with E-state index in [2.05, 4.69) is 0 Å². The number of hydrogen-bond acceptors (Lipinski definition) is 6. The van der Waals surface area contributed by atoms with Gasteiger partial charge in [-0.2, -0.15) is 13.2 Å². The van der Waals surface area contributed by atoms with E-state index in [1.165, 1.54) is 19.1 Å². The summed E-state index contributed by atoms with van der Waals surface area (Å²) in [6.07, 6.45) is -5.23. The SMILES string of the molecule is C.CC(=O)O[C@H]1c2nc(C(C)C)c3c(c2[C@@H](O)CC1(C)C)C1(CCOCC1)O[C@@H]3c1ccc(C(F)(F)F)cc1. The summed E-state index contributed by atoms with van der Waals surface area (Å²) < 4.78 is 58.2. The number of aliphatic hydroxyl groups is 1. The number of aliphatic hydroxyl groups excluding tert-OH is 1. The van der Waals surface area contributed by atoms with Gasteiger partial charge in [0.15, 0.2) is 0 Å². The van der Waals surface area contributed by atoms with Gasteiger partial charge in [-0.15, -0.1) is 0 Å². The summed E-state index contributed by atoms with van der Waals surface area (Å²) >= 11 is 0. The molecular weight excluding hydrogens is 511 g/mol. The Hall–Kier alpha value is -2.49. The third kappa shape index (κ3) is 4.98. The molecule has 0 radical (unpaired) electrons. The second kappa shape index (κ2) is 10.2. The highest BCUT2D eigenvalue weighted by Gasteiger charge is 2.54. The number of esters is 1. The number of nitrogens with zero attached hydrogens (tertiary/aromatic N) is 1. The van der Waals surface area contributed by atoms with Gasteiger partial charge in [0.2, 0.25) is 0 Å². The van der Waals surface area contributed by atoms with E-state index in [1.807, 2.05) is 27.7 Å². The Balaban J connectivity index is 0.00000353. The molecule has 0 amide bonds. The Morgan fingerprint density at radius 2 is 1.74 bits per heavy atom. The van der Waals surface area contributed by atoms with Crippen LogP contribution in [0.1, 0.15) is 125 Å². The number of carbonyl (C=O) groups excluding carboxylic acids is 1. The molecule has 1 fully saturated rings. The number of benzene rings is 1. The van der Waals surface area contributed by atoms with Crippen LogP contribution in [-0.2, 0) is 30.8 Å². The van der Waals surface area contributed by atoms with E-state index in [-0.39, 0.29) is 13.3 Å². The van der Waals surface area contributed by atoms with E-state index in [0.717, 1.165) is 29.0 Å². The van der Waals surface area contributed by atoms with Gasteiger partial charge >= 0.3 is 12.1 Å². The van der Waals surface area contributed by atoms with Crippen molar-refractivity contribution in [3.05, 3.63) is 63.5 Å². The highest BCUT2D eigenvalue weighted by atomic mass is 19.4. The number of hydrogen-bond donors (Lipinski definition) is 1. The van der Waals surface area contributed by atoms with Gasteiger partial charge in [-0.3, -0.25) is 9.78 Å². The molecule has 1 saturated heterocycles. The number of pyridine rings is 1. The van der Waals surface area contributed by atoms with Gasteiger partial charge in [-0.1, -0.05) is 47.3 Å². The van der Waals surface area contributed by atoms with Gasteiger partial charge < -0.3 is 19.3 Å². The molecule has 1 spiro atoms. The summed E-state index contributed by atoms with van der Waals surface area (Å²) in [6, 6.07) is 5.06. The van der Waals surface area contributed by atoms with E-state index >= 15 is 0 Å². The summed E-state index contributed by atoms with van der Waals surface area (Å²) in [4.78, 5) is 17.2. The maximum Gasteiger partial charge on any atom is 0.416 e. The molecule has 2 aliphatic heterocycles. The topological polar surface area (TPSA) is 77.9 Å². The van der Waals surface area contributed by atoms with Gasteiger partial charge in [-0.25, -0.2) is 0 Å². The zero-order valence-corrected chi connectivity index (χ0v) is 22.3. The Morgan fingerprint density at radius 1 is 1.13 bits per heavy atom. The second-order valence-electron chi connectivity index (χ2n) is 11.7. The molecule has 9 heteroatoms. The molecule has 1 aromatic carbocycles. The average molecular weight is 550 g/mol. The fourth-order valence-electron chi connectivity index (χ4n) is 6.34. The predicted molar refractivity (Wildman–Crippen MR) is 139 cm³/mol. The predicted octanol–water partition coefficient (Wildman–Crippen LogP) is 7.05. The minimum Gasteiger partial charge on any atom is -0.455 e. The van der Waals surface area contributed by atoms with Crippen LogP contribution in [0.2, 0.25) is 0 Å². The zero-order chi connectivity index (χ0) is 27.6. The lowest BCUT2D eigenvalue weighted by Gasteiger charge is -2.43. The van der Waals surface area contributed by atoms with Crippen LogP contribution in [0.15, 0.2) is 24.3 Å². The van der Waals surface area contributed by atoms with Crippen molar-refractivity contribution in [2.75, 3.05) is 13.2 Å². The van der Waals surface area contributed by atoms with Crippen LogP contribution >= 0.6 is 0 Å². The Kier molecular flexibility index (Phi) is 7.68. The molecule has 1 aromatic heterocycles. The van der Waals surface area contributed by atoms with Crippen LogP contribution in [0.4, 0.5) is 13.2 Å². The fraction of sp³-hybridized carbons (Fsp3) is 0.600. The quantitative estimate of drug-likeness (QED) is 0.414. The molecule has 6 nitrogen and oxygen atoms in total. The van der Waals surface area contributed by atoms with E-state index in [4.69, 9.17) is 19.2 Å². The smallest absolute Gasteiger partial charge is 0.416 e. The lowest BCUT2D eigenvalue weighted by molar-refractivity contribution is -0.157. The van der Waals surface area contributed by atoms with Crippen molar-refractivity contribution in [1.82, 2.24) is 4.98 Å². The van der Waals surface area contributed by atoms with E-state index < -0.39 is 47.0 Å². The first-order valence-corrected chi connectivity index (χ1v) is 13.1. The minimum atomic E-state index is -4.44. The molecule has 0 unspecified atom stereocenters. The van der Waals surface area contributed by atoms with Crippen molar-refractivity contribution in [3.63, 3.8) is 0 Å². The summed E-state index contributed by atoms with van der Waals surface area (Å²) in [6.45, 7) is 10.1. The van der Waals surface area contributed by atoms with E-state index in [1.54, 1.807) is 0 Å². The maximum absolute atomic E-state index is 13.3. The van der Waals surface area contributed by atoms with Crippen molar-refractivity contribution in [1.29, 1.82) is 0 Å². The number of fused-ring (bicyclic) bond motifs is 4. The first-order valence-electron chi connectivity index (χ1n) is 13.1. The van der Waals surface area contributed by atoms with Crippen LogP contribution in [0, 0.1) is 5.41 Å². The molecule has 3 atom stereocenters. The fourth-order valence-corrected chi connectivity index (χ4v) is 6.34. The van der Waals surface area contributed by atoms with Gasteiger partial charge in [-0.05, 0) is 35.6 Å². The molecule has 3 heterocycles. The minimum absolute atomic E-state index is 0. The molecule has 1 N–H and O–H groups in total. The summed E-state index contributed by atoms with van der Waals surface area (Å²) in [5.41, 5.74) is 2.00. The first-order chi connectivity index (χ1) is 17.7. The number of alkyl halides is 3. The van der Waals surface area contributed by atoms with Crippen LogP contribution in [0.3, 0.4) is 0 Å². The van der Waals surface area contributed by atoms with Crippen molar-refractivity contribution in [2.24, 2.45) is 5.41 Å². The molecule has 39 heavy (non-hydrogen) atoms. The average Bonchev–Trinajstić information content (AvgIpc) is 3.14. The standard InChI is InChI=1S/C29H34F3NO5.CH4/c1-15(2)23-21-22(20-19(35)14-27(4,5)26(24(20)33-23)37-16(3)34)28(10-12-36-13-11-28)38-25(21)17-6-8-18(9-7-17)29(30,31)32;/h6-9,15,19,25-26,35H,10-14H2,1-5H3;1H4/t19-,25+,26-;/m0./s1. The van der Waals surface area contributed by atoms with Gasteiger partial charge in [0.1, 0.15) is 12.2 Å². The van der Waals surface area contributed by atoms with Gasteiger partial charge in [0.05, 0.1) is 23.0 Å². The third-order valence-electron chi connectivity index (χ3n) is 8.08. The Morgan fingerprint density at radius 3 is 2.28 bits per heavy atom. The molecule has 214 valence electrons. The molecule has 5 rings (SSSR count). The van der Waals surface area contributed by atoms with Crippen molar-refractivity contribution >= 4 is 5.97 Å². The summed E-state index contributed by atoms with van der Waals surface area (Å²) in [5, 5.41) is 11.5. The number of ether oxygens (including phenoxy) is 3. The van der Waals surface area contributed by atoms with E-state index in [9.17, 15) is 23.1 Å². The third-order valence-corrected chi connectivity index (χ3v) is 8.08. The second-order valence-corrected chi connectivity index (χ2v) is 11.7. The molecule has 2 aromatic rings. The Bertz CT molecular complexity index is 1230. The Labute approximate surface area is 227 Å². The molecule has 0 bridgehead atoms. The normalized spacial score (nSPS) is 25.1.